The van der Waals surface area contributed by atoms with E-state index in [0.29, 0.717) is 24.0 Å². The maximum Gasteiger partial charge on any atom is 0.163 e. The Morgan fingerprint density at radius 3 is 2.31 bits per heavy atom. The van der Waals surface area contributed by atoms with Gasteiger partial charge >= 0.3 is 0 Å². The van der Waals surface area contributed by atoms with Crippen LogP contribution in [0.25, 0.3) is 0 Å². The number of carbonyl (C=O) groups excluding carboxylic acids is 1. The van der Waals surface area contributed by atoms with Gasteiger partial charge in [-0.25, -0.2) is 8.78 Å². The van der Waals surface area contributed by atoms with Crippen LogP contribution >= 0.6 is 0 Å². The Balaban J connectivity index is 1.59. The third kappa shape index (κ3) is 3.62. The van der Waals surface area contributed by atoms with Crippen LogP contribution in [-0.2, 0) is 4.79 Å². The molecule has 162 valence electrons. The predicted octanol–water partition coefficient (Wildman–Crippen LogP) is 5.95. The van der Waals surface area contributed by atoms with Crippen molar-refractivity contribution < 1.29 is 18.3 Å². The first-order valence-corrected chi connectivity index (χ1v) is 10.5. The van der Waals surface area contributed by atoms with E-state index in [1.807, 2.05) is 48.5 Å². The molecule has 3 aromatic carbocycles. The second kappa shape index (κ2) is 8.11. The molecular weight excluding hydrogens is 410 g/mol. The van der Waals surface area contributed by atoms with E-state index in [0.717, 1.165) is 40.5 Å². The fourth-order valence-electron chi connectivity index (χ4n) is 4.55. The summed E-state index contributed by atoms with van der Waals surface area (Å²) in [6, 6.07) is 18.6. The van der Waals surface area contributed by atoms with E-state index >= 15 is 0 Å². The number of carbonyl (C=O) groups is 1. The molecule has 1 aliphatic heterocycles. The quantitative estimate of drug-likeness (QED) is 0.537. The van der Waals surface area contributed by atoms with E-state index < -0.39 is 17.7 Å². The van der Waals surface area contributed by atoms with Gasteiger partial charge < -0.3 is 15.4 Å². The van der Waals surface area contributed by atoms with Crippen LogP contribution in [0.3, 0.4) is 0 Å². The molecule has 4 nitrogen and oxygen atoms in total. The van der Waals surface area contributed by atoms with Gasteiger partial charge in [0.1, 0.15) is 5.75 Å². The second-order valence-electron chi connectivity index (χ2n) is 8.12. The van der Waals surface area contributed by atoms with Crippen LogP contribution < -0.4 is 15.4 Å². The van der Waals surface area contributed by atoms with E-state index in [2.05, 4.69) is 10.6 Å². The van der Waals surface area contributed by atoms with Crippen molar-refractivity contribution in [2.24, 2.45) is 0 Å². The van der Waals surface area contributed by atoms with Gasteiger partial charge in [0.2, 0.25) is 0 Å². The van der Waals surface area contributed by atoms with Gasteiger partial charge in [0.25, 0.3) is 0 Å². The smallest absolute Gasteiger partial charge is 0.163 e. The average molecular weight is 432 g/mol. The monoisotopic (exact) mass is 432 g/mol. The zero-order chi connectivity index (χ0) is 22.2. The fourth-order valence-corrected chi connectivity index (χ4v) is 4.55. The topological polar surface area (TPSA) is 50.4 Å². The number of methoxy groups -OCH3 is 1. The Bertz CT molecular complexity index is 1220. The number of hydrogen-bond donors (Lipinski definition) is 2. The van der Waals surface area contributed by atoms with Crippen LogP contribution in [0.5, 0.6) is 5.75 Å². The SMILES string of the molecule is COc1ccc(C2CC(=O)C3=C(C2)Nc2ccccc2NC3c2ccc(F)c(F)c2)cc1. The van der Waals surface area contributed by atoms with Crippen LogP contribution in [0.2, 0.25) is 0 Å². The van der Waals surface area contributed by atoms with Crippen LogP contribution in [-0.4, -0.2) is 12.9 Å². The molecule has 2 N–H and O–H groups in total. The van der Waals surface area contributed by atoms with Crippen molar-refractivity contribution in [1.29, 1.82) is 0 Å². The molecule has 5 rings (SSSR count). The summed E-state index contributed by atoms with van der Waals surface area (Å²) < 4.78 is 32.9. The third-order valence-corrected chi connectivity index (χ3v) is 6.17. The number of nitrogens with one attached hydrogen (secondary N) is 2. The number of Topliss-reactive ketones (excluding diaryl/α,β-unsaturated/α-hetero) is 1. The molecule has 0 saturated carbocycles. The van der Waals surface area contributed by atoms with Crippen LogP contribution in [0, 0.1) is 11.6 Å². The first-order valence-electron chi connectivity index (χ1n) is 10.5. The number of rotatable bonds is 3. The first-order chi connectivity index (χ1) is 15.5. The molecule has 2 aliphatic rings. The molecule has 1 aliphatic carbocycles. The van der Waals surface area contributed by atoms with Gasteiger partial charge in [0.15, 0.2) is 17.4 Å². The molecule has 0 spiro atoms. The molecule has 0 aromatic heterocycles. The van der Waals surface area contributed by atoms with E-state index in [1.54, 1.807) is 7.11 Å². The zero-order valence-electron chi connectivity index (χ0n) is 17.5. The molecule has 1 heterocycles. The Morgan fingerprint density at radius 1 is 0.875 bits per heavy atom. The molecule has 0 fully saturated rings. The Labute approximate surface area is 184 Å². The number of hydrogen-bond acceptors (Lipinski definition) is 4. The normalized spacial score (nSPS) is 19.9. The number of allylic oxidation sites excluding steroid dienone is 1. The van der Waals surface area contributed by atoms with E-state index in [9.17, 15) is 13.6 Å². The van der Waals surface area contributed by atoms with E-state index in [4.69, 9.17) is 4.74 Å². The molecule has 0 amide bonds. The number of ketones is 1. The largest absolute Gasteiger partial charge is 0.497 e. The minimum atomic E-state index is -0.934. The Kier molecular flexibility index (Phi) is 5.13. The highest BCUT2D eigenvalue weighted by molar-refractivity contribution is 6.01. The van der Waals surface area contributed by atoms with Crippen LogP contribution in [0.4, 0.5) is 20.2 Å². The summed E-state index contributed by atoms with van der Waals surface area (Å²) in [4.78, 5) is 13.4. The van der Waals surface area contributed by atoms with Crippen molar-refractivity contribution in [3.63, 3.8) is 0 Å². The summed E-state index contributed by atoms with van der Waals surface area (Å²) in [5, 5.41) is 6.82. The van der Waals surface area contributed by atoms with Gasteiger partial charge in [-0.15, -0.1) is 0 Å². The number of anilines is 2. The average Bonchev–Trinajstić information content (AvgIpc) is 2.98. The number of benzene rings is 3. The van der Waals surface area contributed by atoms with Crippen LogP contribution in [0.1, 0.15) is 35.9 Å². The summed E-state index contributed by atoms with van der Waals surface area (Å²) in [6.07, 6.45) is 0.967. The molecule has 0 bridgehead atoms. The lowest BCUT2D eigenvalue weighted by Gasteiger charge is -2.30. The number of ether oxygens (including phenoxy) is 1. The number of fused-ring (bicyclic) bond motifs is 1. The highest BCUT2D eigenvalue weighted by Crippen LogP contribution is 2.44. The lowest BCUT2D eigenvalue weighted by molar-refractivity contribution is -0.116. The van der Waals surface area contributed by atoms with Crippen molar-refractivity contribution >= 4 is 17.2 Å². The highest BCUT2D eigenvalue weighted by atomic mass is 19.2. The molecular formula is C26H22F2N2O2. The molecule has 2 atom stereocenters. The molecule has 2 unspecified atom stereocenters. The van der Waals surface area contributed by atoms with Crippen molar-refractivity contribution in [1.82, 2.24) is 0 Å². The minimum Gasteiger partial charge on any atom is -0.497 e. The van der Waals surface area contributed by atoms with Crippen LogP contribution in [0.15, 0.2) is 78.0 Å². The summed E-state index contributed by atoms with van der Waals surface area (Å²) in [7, 11) is 1.62. The molecule has 6 heteroatoms. The summed E-state index contributed by atoms with van der Waals surface area (Å²) >= 11 is 0. The van der Waals surface area contributed by atoms with E-state index in [1.165, 1.54) is 6.07 Å². The van der Waals surface area contributed by atoms with Gasteiger partial charge in [-0.2, -0.15) is 0 Å². The van der Waals surface area contributed by atoms with Gasteiger partial charge in [-0.1, -0.05) is 30.3 Å². The molecule has 0 radical (unpaired) electrons. The van der Waals surface area contributed by atoms with E-state index in [-0.39, 0.29) is 11.7 Å². The van der Waals surface area contributed by atoms with Gasteiger partial charge in [-0.05, 0) is 59.9 Å². The number of para-hydroxylation sites is 2. The maximum absolute atomic E-state index is 14.1. The highest BCUT2D eigenvalue weighted by Gasteiger charge is 2.36. The number of halogens is 2. The lowest BCUT2D eigenvalue weighted by atomic mass is 9.78. The van der Waals surface area contributed by atoms with Crippen molar-refractivity contribution in [2.75, 3.05) is 17.7 Å². The molecule has 3 aromatic rings. The molecule has 32 heavy (non-hydrogen) atoms. The van der Waals surface area contributed by atoms with Crippen molar-refractivity contribution in [2.45, 2.75) is 24.8 Å². The second-order valence-corrected chi connectivity index (χ2v) is 8.12. The van der Waals surface area contributed by atoms with Gasteiger partial charge in [0, 0.05) is 17.7 Å². The van der Waals surface area contributed by atoms with Crippen molar-refractivity contribution in [3.05, 3.63) is 101 Å². The zero-order valence-corrected chi connectivity index (χ0v) is 17.5. The summed E-state index contributed by atoms with van der Waals surface area (Å²) in [6.45, 7) is 0. The van der Waals surface area contributed by atoms with Crippen molar-refractivity contribution in [3.8, 4) is 5.75 Å². The summed E-state index contributed by atoms with van der Waals surface area (Å²) in [5.41, 5.74) is 4.57. The lowest BCUT2D eigenvalue weighted by Crippen LogP contribution is -2.27. The fraction of sp³-hybridized carbons (Fsp3) is 0.192. The summed E-state index contributed by atoms with van der Waals surface area (Å²) in [5.74, 6) is -1.09. The minimum absolute atomic E-state index is 0.00974. The standard InChI is InChI=1S/C26H22F2N2O2/c1-32-18-9-6-15(7-10-18)17-13-23-25(24(31)14-17)26(16-8-11-19(27)20(28)12-16)30-22-5-3-2-4-21(22)29-23/h2-12,17,26,29-30H,13-14H2,1H3. The Hall–Kier alpha value is -3.67. The maximum atomic E-state index is 14.1. The third-order valence-electron chi connectivity index (χ3n) is 6.17. The predicted molar refractivity (Wildman–Crippen MR) is 120 cm³/mol. The van der Waals surface area contributed by atoms with Gasteiger partial charge in [-0.3, -0.25) is 4.79 Å². The Morgan fingerprint density at radius 2 is 1.59 bits per heavy atom. The first kappa shape index (κ1) is 20.2. The van der Waals surface area contributed by atoms with Gasteiger partial charge in [0.05, 0.1) is 24.5 Å². The molecule has 0 saturated heterocycles.